The molecule has 0 aliphatic rings. The van der Waals surface area contributed by atoms with Crippen LogP contribution in [-0.2, 0) is 6.54 Å². The summed E-state index contributed by atoms with van der Waals surface area (Å²) in [5, 5.41) is 12.2. The molecule has 0 spiro atoms. The number of nitrogens with zero attached hydrogens (tertiary/aromatic N) is 1. The van der Waals surface area contributed by atoms with Crippen LogP contribution < -0.4 is 5.32 Å². The van der Waals surface area contributed by atoms with E-state index in [1.807, 2.05) is 17.4 Å². The normalized spacial score (nSPS) is 12.0. The smallest absolute Gasteiger partial charge is 0.0638 e. The van der Waals surface area contributed by atoms with E-state index in [0.29, 0.717) is 12.5 Å². The van der Waals surface area contributed by atoms with Crippen LogP contribution in [0.15, 0.2) is 42.5 Å². The largest absolute Gasteiger partial charge is 0.308 e. The summed E-state index contributed by atoms with van der Waals surface area (Å²) in [6, 6.07) is 17.3. The van der Waals surface area contributed by atoms with Crippen LogP contribution in [0.5, 0.6) is 0 Å². The predicted molar refractivity (Wildman–Crippen MR) is 80.9 cm³/mol. The minimum atomic E-state index is 0.298. The Labute approximate surface area is 118 Å². The molecule has 1 heterocycles. The zero-order valence-electron chi connectivity index (χ0n) is 11.1. The summed E-state index contributed by atoms with van der Waals surface area (Å²) in [6.45, 7) is 2.95. The lowest BCUT2D eigenvalue weighted by Crippen LogP contribution is -2.26. The maximum atomic E-state index is 8.73. The number of benzene rings is 1. The molecule has 0 fully saturated rings. The van der Waals surface area contributed by atoms with Gasteiger partial charge in [-0.1, -0.05) is 37.3 Å². The first-order valence-corrected chi connectivity index (χ1v) is 7.39. The first kappa shape index (κ1) is 13.8. The van der Waals surface area contributed by atoms with Crippen LogP contribution >= 0.6 is 11.3 Å². The Morgan fingerprint density at radius 1 is 1.21 bits per heavy atom. The highest BCUT2D eigenvalue weighted by atomic mass is 32.1. The summed E-state index contributed by atoms with van der Waals surface area (Å²) in [5.41, 5.74) is 1.27. The Balaban J connectivity index is 1.97. The maximum Gasteiger partial charge on any atom is 0.0638 e. The van der Waals surface area contributed by atoms with Gasteiger partial charge in [-0.25, -0.2) is 0 Å². The molecule has 2 aromatic rings. The monoisotopic (exact) mass is 270 g/mol. The van der Waals surface area contributed by atoms with E-state index < -0.39 is 0 Å². The lowest BCUT2D eigenvalue weighted by atomic mass is 10.1. The van der Waals surface area contributed by atoms with Gasteiger partial charge in [0.25, 0.3) is 0 Å². The second kappa shape index (κ2) is 7.08. The third-order valence-electron chi connectivity index (χ3n) is 3.12. The average Bonchev–Trinajstić information content (AvgIpc) is 2.93. The fourth-order valence-corrected chi connectivity index (χ4v) is 2.91. The minimum absolute atomic E-state index is 0.298. The molecule has 0 radical (unpaired) electrons. The Kier molecular flexibility index (Phi) is 5.14. The Hall–Kier alpha value is -1.63. The van der Waals surface area contributed by atoms with Crippen molar-refractivity contribution < 1.29 is 0 Å². The molecule has 0 amide bonds. The minimum Gasteiger partial charge on any atom is -0.308 e. The summed E-state index contributed by atoms with van der Waals surface area (Å²) in [5.74, 6) is 0. The van der Waals surface area contributed by atoms with Gasteiger partial charge >= 0.3 is 0 Å². The van der Waals surface area contributed by atoms with E-state index in [4.69, 9.17) is 5.26 Å². The van der Waals surface area contributed by atoms with Crippen LogP contribution in [0.4, 0.5) is 0 Å². The molecular weight excluding hydrogens is 252 g/mol. The first-order valence-electron chi connectivity index (χ1n) is 6.58. The second-order valence-electron chi connectivity index (χ2n) is 4.48. The van der Waals surface area contributed by atoms with E-state index in [0.717, 1.165) is 13.0 Å². The number of nitriles is 1. The van der Waals surface area contributed by atoms with Crippen LogP contribution in [0.25, 0.3) is 10.4 Å². The van der Waals surface area contributed by atoms with Crippen molar-refractivity contribution >= 4 is 11.3 Å². The van der Waals surface area contributed by atoms with Crippen LogP contribution in [0.3, 0.4) is 0 Å². The summed E-state index contributed by atoms with van der Waals surface area (Å²) in [6.07, 6.45) is 1.57. The van der Waals surface area contributed by atoms with Crippen LogP contribution in [0, 0.1) is 11.3 Å². The molecule has 98 valence electrons. The molecule has 1 unspecified atom stereocenters. The van der Waals surface area contributed by atoms with Crippen molar-refractivity contribution in [1.29, 1.82) is 5.26 Å². The van der Waals surface area contributed by atoms with Gasteiger partial charge < -0.3 is 5.32 Å². The van der Waals surface area contributed by atoms with Crippen LogP contribution in [0.2, 0.25) is 0 Å². The molecule has 0 saturated carbocycles. The van der Waals surface area contributed by atoms with E-state index in [1.54, 1.807) is 0 Å². The highest BCUT2D eigenvalue weighted by Crippen LogP contribution is 2.27. The van der Waals surface area contributed by atoms with Gasteiger partial charge in [-0.3, -0.25) is 0 Å². The van der Waals surface area contributed by atoms with Crippen molar-refractivity contribution in [1.82, 2.24) is 5.32 Å². The molecule has 0 aliphatic heterocycles. The van der Waals surface area contributed by atoms with Crippen molar-refractivity contribution in [3.8, 4) is 16.5 Å². The van der Waals surface area contributed by atoms with Crippen molar-refractivity contribution in [2.45, 2.75) is 32.4 Å². The Bertz CT molecular complexity index is 539. The summed E-state index contributed by atoms with van der Waals surface area (Å²) >= 11 is 1.81. The average molecular weight is 270 g/mol. The van der Waals surface area contributed by atoms with E-state index in [2.05, 4.69) is 54.7 Å². The summed E-state index contributed by atoms with van der Waals surface area (Å²) in [4.78, 5) is 2.61. The summed E-state index contributed by atoms with van der Waals surface area (Å²) in [7, 11) is 0. The standard InChI is InChI=1S/C16H18N2S/c1-2-14(10-11-17)18-12-15-8-9-16(19-15)13-6-4-3-5-7-13/h3-9,14,18H,2,10,12H2,1H3. The molecule has 0 aliphatic carbocycles. The lowest BCUT2D eigenvalue weighted by Gasteiger charge is -2.12. The van der Waals surface area contributed by atoms with Gasteiger partial charge in [-0.05, 0) is 24.1 Å². The Morgan fingerprint density at radius 2 is 2.00 bits per heavy atom. The third kappa shape index (κ3) is 3.92. The van der Waals surface area contributed by atoms with Gasteiger partial charge in [-0.2, -0.15) is 5.26 Å². The molecular formula is C16H18N2S. The maximum absolute atomic E-state index is 8.73. The molecule has 3 heteroatoms. The van der Waals surface area contributed by atoms with Crippen molar-refractivity contribution in [3.63, 3.8) is 0 Å². The quantitative estimate of drug-likeness (QED) is 0.854. The molecule has 1 atom stereocenters. The van der Waals surface area contributed by atoms with Gasteiger partial charge in [0.15, 0.2) is 0 Å². The van der Waals surface area contributed by atoms with Gasteiger partial charge in [0, 0.05) is 22.3 Å². The fourth-order valence-electron chi connectivity index (χ4n) is 1.95. The Morgan fingerprint density at radius 3 is 2.68 bits per heavy atom. The van der Waals surface area contributed by atoms with E-state index in [9.17, 15) is 0 Å². The highest BCUT2D eigenvalue weighted by Gasteiger charge is 2.06. The molecule has 0 bridgehead atoms. The van der Waals surface area contributed by atoms with E-state index in [-0.39, 0.29) is 0 Å². The third-order valence-corrected chi connectivity index (χ3v) is 4.25. The van der Waals surface area contributed by atoms with Crippen LogP contribution in [-0.4, -0.2) is 6.04 Å². The number of hydrogen-bond acceptors (Lipinski definition) is 3. The van der Waals surface area contributed by atoms with Crippen molar-refractivity contribution in [2.24, 2.45) is 0 Å². The topological polar surface area (TPSA) is 35.8 Å². The fraction of sp³-hybridized carbons (Fsp3) is 0.312. The molecule has 1 aromatic heterocycles. The molecule has 1 aromatic carbocycles. The molecule has 19 heavy (non-hydrogen) atoms. The molecule has 0 saturated heterocycles. The highest BCUT2D eigenvalue weighted by molar-refractivity contribution is 7.15. The number of nitrogens with one attached hydrogen (secondary N) is 1. The zero-order valence-corrected chi connectivity index (χ0v) is 11.9. The number of thiophene rings is 1. The number of rotatable bonds is 6. The van der Waals surface area contributed by atoms with Gasteiger partial charge in [0.2, 0.25) is 0 Å². The SMILES string of the molecule is CCC(CC#N)NCc1ccc(-c2ccccc2)s1. The van der Waals surface area contributed by atoms with Gasteiger partial charge in [0.1, 0.15) is 0 Å². The summed E-state index contributed by atoms with van der Waals surface area (Å²) < 4.78 is 0. The van der Waals surface area contributed by atoms with Gasteiger partial charge in [-0.15, -0.1) is 11.3 Å². The van der Waals surface area contributed by atoms with Gasteiger partial charge in [0.05, 0.1) is 12.5 Å². The second-order valence-corrected chi connectivity index (χ2v) is 5.65. The van der Waals surface area contributed by atoms with Crippen molar-refractivity contribution in [3.05, 3.63) is 47.3 Å². The number of hydrogen-bond donors (Lipinski definition) is 1. The van der Waals surface area contributed by atoms with Crippen LogP contribution in [0.1, 0.15) is 24.6 Å². The lowest BCUT2D eigenvalue weighted by molar-refractivity contribution is 0.507. The molecule has 2 nitrogen and oxygen atoms in total. The molecule has 1 N–H and O–H groups in total. The first-order chi connectivity index (χ1) is 9.33. The molecule has 2 rings (SSSR count). The van der Waals surface area contributed by atoms with Crippen molar-refractivity contribution in [2.75, 3.05) is 0 Å². The van der Waals surface area contributed by atoms with E-state index in [1.165, 1.54) is 15.3 Å². The zero-order chi connectivity index (χ0) is 13.5. The van der Waals surface area contributed by atoms with E-state index >= 15 is 0 Å². The predicted octanol–water partition coefficient (Wildman–Crippen LogP) is 4.20.